The van der Waals surface area contributed by atoms with Crippen LogP contribution in [0.25, 0.3) is 5.57 Å². The van der Waals surface area contributed by atoms with Crippen molar-refractivity contribution in [2.24, 2.45) is 5.92 Å². The molecule has 1 fully saturated rings. The van der Waals surface area contributed by atoms with Crippen LogP contribution in [-0.4, -0.2) is 18.5 Å². The first-order chi connectivity index (χ1) is 8.31. The Bertz CT molecular complexity index is 499. The maximum atomic E-state index is 12.1. The maximum absolute atomic E-state index is 12.1. The van der Waals surface area contributed by atoms with Gasteiger partial charge >= 0.3 is 0 Å². The molecule has 0 bridgehead atoms. The molecule has 2 heteroatoms. The lowest BCUT2D eigenvalue weighted by molar-refractivity contribution is -0.114. The lowest BCUT2D eigenvalue weighted by Gasteiger charge is -2.08. The molecule has 2 nitrogen and oxygen atoms in total. The number of ether oxygens (including phenoxy) is 1. The van der Waals surface area contributed by atoms with Crippen LogP contribution in [0.15, 0.2) is 48.6 Å². The summed E-state index contributed by atoms with van der Waals surface area (Å²) in [5.74, 6) is 0.460. The van der Waals surface area contributed by atoms with Crippen LogP contribution in [0.4, 0.5) is 0 Å². The minimum atomic E-state index is 0.00941. The molecule has 1 saturated heterocycles. The molecular formula is C15H14O2. The molecule has 0 N–H and O–H groups in total. The molecule has 1 aromatic rings. The van der Waals surface area contributed by atoms with Gasteiger partial charge in [-0.3, -0.25) is 4.79 Å². The fraction of sp³-hybridized carbons (Fsp3) is 0.267. The van der Waals surface area contributed by atoms with Crippen molar-refractivity contribution in [3.63, 3.8) is 0 Å². The fourth-order valence-corrected chi connectivity index (χ4v) is 2.77. The fourth-order valence-electron chi connectivity index (χ4n) is 2.77. The summed E-state index contributed by atoms with van der Waals surface area (Å²) in [5, 5.41) is 0. The van der Waals surface area contributed by atoms with Crippen LogP contribution >= 0.6 is 0 Å². The Morgan fingerprint density at radius 1 is 1.29 bits per heavy atom. The van der Waals surface area contributed by atoms with E-state index in [0.29, 0.717) is 13.0 Å². The van der Waals surface area contributed by atoms with Gasteiger partial charge in [-0.25, -0.2) is 0 Å². The first-order valence-corrected chi connectivity index (χ1v) is 5.87. The van der Waals surface area contributed by atoms with E-state index in [0.717, 1.165) is 16.7 Å². The average molecular weight is 226 g/mol. The Kier molecular flexibility index (Phi) is 2.45. The van der Waals surface area contributed by atoms with Crippen LogP contribution in [0.5, 0.6) is 0 Å². The summed E-state index contributed by atoms with van der Waals surface area (Å²) in [6.45, 7) is 4.33. The number of hydrogen-bond donors (Lipinski definition) is 0. The van der Waals surface area contributed by atoms with Crippen molar-refractivity contribution in [2.75, 3.05) is 6.61 Å². The van der Waals surface area contributed by atoms with Crippen LogP contribution in [0.3, 0.4) is 0 Å². The second-order valence-electron chi connectivity index (χ2n) is 4.51. The smallest absolute Gasteiger partial charge is 0.164 e. The van der Waals surface area contributed by atoms with E-state index in [2.05, 4.69) is 6.58 Å². The molecule has 1 aliphatic carbocycles. The highest BCUT2D eigenvalue weighted by Crippen LogP contribution is 2.42. The normalized spacial score (nSPS) is 27.4. The quantitative estimate of drug-likeness (QED) is 0.724. The van der Waals surface area contributed by atoms with Crippen molar-refractivity contribution in [3.8, 4) is 0 Å². The maximum Gasteiger partial charge on any atom is 0.164 e. The van der Waals surface area contributed by atoms with Gasteiger partial charge in [-0.15, -0.1) is 6.58 Å². The topological polar surface area (TPSA) is 26.3 Å². The van der Waals surface area contributed by atoms with Gasteiger partial charge in [0.2, 0.25) is 0 Å². The second kappa shape index (κ2) is 3.97. The van der Waals surface area contributed by atoms with Crippen LogP contribution in [-0.2, 0) is 9.53 Å². The summed E-state index contributed by atoms with van der Waals surface area (Å²) in [6, 6.07) is 9.87. The number of benzene rings is 1. The molecule has 1 aliphatic heterocycles. The van der Waals surface area contributed by atoms with Crippen molar-refractivity contribution < 1.29 is 9.53 Å². The van der Waals surface area contributed by atoms with Gasteiger partial charge in [0, 0.05) is 17.9 Å². The molecule has 0 spiro atoms. The third kappa shape index (κ3) is 1.56. The van der Waals surface area contributed by atoms with Crippen LogP contribution in [0.2, 0.25) is 0 Å². The molecule has 0 radical (unpaired) electrons. The number of Topliss-reactive ketones (excluding diaryl/α,β-unsaturated/α-hetero) is 1. The summed E-state index contributed by atoms with van der Waals surface area (Å²) < 4.78 is 5.64. The minimum absolute atomic E-state index is 0.00941. The Morgan fingerprint density at radius 2 is 2.06 bits per heavy atom. The minimum Gasteiger partial charge on any atom is -0.369 e. The number of fused-ring (bicyclic) bond motifs is 1. The van der Waals surface area contributed by atoms with E-state index in [1.165, 1.54) is 0 Å². The molecule has 0 amide bonds. The highest BCUT2D eigenvalue weighted by atomic mass is 16.5. The molecule has 0 saturated carbocycles. The van der Waals surface area contributed by atoms with E-state index in [9.17, 15) is 4.79 Å². The summed E-state index contributed by atoms with van der Waals surface area (Å²) in [5.41, 5.74) is 3.05. The number of ketones is 1. The molecule has 2 aliphatic rings. The lowest BCUT2D eigenvalue weighted by atomic mass is 9.97. The third-order valence-electron chi connectivity index (χ3n) is 3.58. The van der Waals surface area contributed by atoms with Gasteiger partial charge in [0.05, 0.1) is 12.7 Å². The standard InChI is InChI=1S/C15H14O2/c1-2-14-11-8-13(16)15(12(11)9-17-14)10-6-4-3-5-7-10/h2-7,11,14H,1,8-9H2/t11-,14-/m0/s1. The molecule has 1 aromatic carbocycles. The Morgan fingerprint density at radius 3 is 2.76 bits per heavy atom. The van der Waals surface area contributed by atoms with Gasteiger partial charge in [0.15, 0.2) is 5.78 Å². The zero-order valence-electron chi connectivity index (χ0n) is 9.56. The zero-order chi connectivity index (χ0) is 11.8. The summed E-state index contributed by atoms with van der Waals surface area (Å²) >= 11 is 0. The molecular weight excluding hydrogens is 212 g/mol. The molecule has 1 heterocycles. The van der Waals surface area contributed by atoms with Gasteiger partial charge in [0.25, 0.3) is 0 Å². The predicted octanol–water partition coefficient (Wildman–Crippen LogP) is 2.61. The number of rotatable bonds is 2. The number of hydrogen-bond acceptors (Lipinski definition) is 2. The van der Waals surface area contributed by atoms with E-state index in [4.69, 9.17) is 4.74 Å². The first kappa shape index (κ1) is 10.5. The molecule has 0 unspecified atom stereocenters. The van der Waals surface area contributed by atoms with Gasteiger partial charge in [-0.2, -0.15) is 0 Å². The van der Waals surface area contributed by atoms with Crippen LogP contribution in [0.1, 0.15) is 12.0 Å². The molecule has 17 heavy (non-hydrogen) atoms. The van der Waals surface area contributed by atoms with Crippen molar-refractivity contribution in [2.45, 2.75) is 12.5 Å². The van der Waals surface area contributed by atoms with E-state index >= 15 is 0 Å². The van der Waals surface area contributed by atoms with Crippen molar-refractivity contribution >= 4 is 11.4 Å². The van der Waals surface area contributed by atoms with Crippen molar-refractivity contribution in [1.29, 1.82) is 0 Å². The van der Waals surface area contributed by atoms with E-state index in [-0.39, 0.29) is 17.8 Å². The molecule has 0 aromatic heterocycles. The number of allylic oxidation sites excluding steroid dienone is 1. The van der Waals surface area contributed by atoms with E-state index in [1.54, 1.807) is 6.08 Å². The lowest BCUT2D eigenvalue weighted by Crippen LogP contribution is -2.13. The highest BCUT2D eigenvalue weighted by Gasteiger charge is 2.41. The van der Waals surface area contributed by atoms with Crippen LogP contribution < -0.4 is 0 Å². The Hall–Kier alpha value is -1.67. The Labute approximate surface area is 101 Å². The molecule has 3 rings (SSSR count). The summed E-state index contributed by atoms with van der Waals surface area (Å²) in [6.07, 6.45) is 2.38. The van der Waals surface area contributed by atoms with Crippen molar-refractivity contribution in [3.05, 3.63) is 54.1 Å². The SMILES string of the molecule is C=C[C@@H]1OCC2=C(c3ccccc3)C(=O)C[C@@H]21. The first-order valence-electron chi connectivity index (χ1n) is 5.87. The summed E-state index contributed by atoms with van der Waals surface area (Å²) in [4.78, 5) is 12.1. The monoisotopic (exact) mass is 226 g/mol. The largest absolute Gasteiger partial charge is 0.369 e. The highest BCUT2D eigenvalue weighted by molar-refractivity contribution is 6.24. The molecule has 2 atom stereocenters. The van der Waals surface area contributed by atoms with Gasteiger partial charge in [0.1, 0.15) is 0 Å². The zero-order valence-corrected chi connectivity index (χ0v) is 9.56. The Balaban J connectivity index is 2.07. The summed E-state index contributed by atoms with van der Waals surface area (Å²) in [7, 11) is 0. The van der Waals surface area contributed by atoms with E-state index in [1.807, 2.05) is 30.3 Å². The van der Waals surface area contributed by atoms with E-state index < -0.39 is 0 Å². The van der Waals surface area contributed by atoms with Gasteiger partial charge in [-0.05, 0) is 11.1 Å². The van der Waals surface area contributed by atoms with Crippen LogP contribution in [0, 0.1) is 5.92 Å². The van der Waals surface area contributed by atoms with Gasteiger partial charge < -0.3 is 4.74 Å². The number of carbonyl (C=O) groups excluding carboxylic acids is 1. The molecule has 86 valence electrons. The second-order valence-corrected chi connectivity index (χ2v) is 4.51. The average Bonchev–Trinajstić information content (AvgIpc) is 2.87. The van der Waals surface area contributed by atoms with Gasteiger partial charge in [-0.1, -0.05) is 36.4 Å². The van der Waals surface area contributed by atoms with Crippen molar-refractivity contribution in [1.82, 2.24) is 0 Å². The predicted molar refractivity (Wildman–Crippen MR) is 66.4 cm³/mol. The third-order valence-corrected chi connectivity index (χ3v) is 3.58. The number of carbonyl (C=O) groups is 1.